The Kier molecular flexibility index (Phi) is 4.26. The summed E-state index contributed by atoms with van der Waals surface area (Å²) < 4.78 is 0. The average molecular weight is 225 g/mol. The van der Waals surface area contributed by atoms with Gasteiger partial charge in [-0.15, -0.1) is 0 Å². The molecule has 0 aromatic heterocycles. The van der Waals surface area contributed by atoms with Crippen LogP contribution in [0.5, 0.6) is 0 Å². The second-order valence-corrected chi connectivity index (χ2v) is 6.11. The fourth-order valence-electron chi connectivity index (χ4n) is 3.62. The molecule has 0 bridgehead atoms. The fourth-order valence-corrected chi connectivity index (χ4v) is 3.62. The predicted molar refractivity (Wildman–Crippen MR) is 67.4 cm³/mol. The van der Waals surface area contributed by atoms with Crippen LogP contribution in [-0.2, 0) is 0 Å². The molecule has 0 radical (unpaired) electrons. The van der Waals surface area contributed by atoms with E-state index in [1.54, 1.807) is 0 Å². The van der Waals surface area contributed by atoms with Gasteiger partial charge in [0.2, 0.25) is 0 Å². The summed E-state index contributed by atoms with van der Waals surface area (Å²) in [5.74, 6) is 1.32. The van der Waals surface area contributed by atoms with Crippen molar-refractivity contribution >= 4 is 0 Å². The minimum atomic E-state index is -0.0160. The largest absolute Gasteiger partial charge is 0.393 e. The molecule has 1 aliphatic carbocycles. The molecule has 2 fully saturated rings. The molecule has 2 heteroatoms. The molecule has 1 saturated carbocycles. The molecule has 3 atom stereocenters. The maximum absolute atomic E-state index is 10.1. The topological polar surface area (TPSA) is 23.5 Å². The first kappa shape index (κ1) is 12.4. The lowest BCUT2D eigenvalue weighted by molar-refractivity contribution is 0.0298. The van der Waals surface area contributed by atoms with Gasteiger partial charge in [-0.1, -0.05) is 26.7 Å². The minimum absolute atomic E-state index is 0.0160. The van der Waals surface area contributed by atoms with E-state index < -0.39 is 0 Å². The monoisotopic (exact) mass is 225 g/mol. The van der Waals surface area contributed by atoms with Crippen molar-refractivity contribution in [3.8, 4) is 0 Å². The smallest absolute Gasteiger partial charge is 0.0583 e. The van der Waals surface area contributed by atoms with Crippen molar-refractivity contribution in [2.75, 3.05) is 13.1 Å². The van der Waals surface area contributed by atoms with E-state index in [2.05, 4.69) is 18.7 Å². The molecular formula is C14H27NO. The fraction of sp³-hybridized carbons (Fsp3) is 1.00. The number of likely N-dealkylation sites (tertiary alicyclic amines) is 1. The molecule has 0 aromatic carbocycles. The van der Waals surface area contributed by atoms with Crippen molar-refractivity contribution in [1.29, 1.82) is 0 Å². The number of rotatable bonds is 3. The standard InChI is InChI=1S/C14H27NO/c1-11(2)10-15-9-4-3-7-13(15)12-6-5-8-14(12)16/h11-14,16H,3-10H2,1-2H3. The van der Waals surface area contributed by atoms with Crippen LogP contribution in [0.3, 0.4) is 0 Å². The van der Waals surface area contributed by atoms with Gasteiger partial charge in [-0.2, -0.15) is 0 Å². The van der Waals surface area contributed by atoms with Gasteiger partial charge in [0, 0.05) is 18.5 Å². The van der Waals surface area contributed by atoms with Gasteiger partial charge in [0.1, 0.15) is 0 Å². The Hall–Kier alpha value is -0.0800. The van der Waals surface area contributed by atoms with Crippen LogP contribution in [0.4, 0.5) is 0 Å². The van der Waals surface area contributed by atoms with Gasteiger partial charge in [-0.25, -0.2) is 0 Å². The first-order chi connectivity index (χ1) is 7.68. The third-order valence-electron chi connectivity index (χ3n) is 4.29. The summed E-state index contributed by atoms with van der Waals surface area (Å²) >= 11 is 0. The molecule has 0 aromatic rings. The summed E-state index contributed by atoms with van der Waals surface area (Å²) in [6.45, 7) is 7.08. The Morgan fingerprint density at radius 3 is 2.56 bits per heavy atom. The second kappa shape index (κ2) is 5.50. The summed E-state index contributed by atoms with van der Waals surface area (Å²) in [5.41, 5.74) is 0. The number of hydrogen-bond donors (Lipinski definition) is 1. The SMILES string of the molecule is CC(C)CN1CCCCC1C1CCCC1O. The van der Waals surface area contributed by atoms with E-state index in [-0.39, 0.29) is 6.10 Å². The van der Waals surface area contributed by atoms with Gasteiger partial charge in [-0.3, -0.25) is 4.90 Å². The van der Waals surface area contributed by atoms with Crippen LogP contribution >= 0.6 is 0 Å². The summed E-state index contributed by atoms with van der Waals surface area (Å²) in [6.07, 6.45) is 7.54. The van der Waals surface area contributed by atoms with Gasteiger partial charge in [0.05, 0.1) is 6.10 Å². The first-order valence-corrected chi connectivity index (χ1v) is 7.10. The van der Waals surface area contributed by atoms with Crippen molar-refractivity contribution in [3.05, 3.63) is 0 Å². The maximum Gasteiger partial charge on any atom is 0.0583 e. The van der Waals surface area contributed by atoms with Crippen LogP contribution in [-0.4, -0.2) is 35.2 Å². The average Bonchev–Trinajstić information content (AvgIpc) is 2.64. The molecule has 2 aliphatic rings. The lowest BCUT2D eigenvalue weighted by atomic mass is 9.87. The molecule has 1 aliphatic heterocycles. The van der Waals surface area contributed by atoms with Crippen LogP contribution in [0.1, 0.15) is 52.4 Å². The summed E-state index contributed by atoms with van der Waals surface area (Å²) in [4.78, 5) is 2.66. The van der Waals surface area contributed by atoms with Crippen molar-refractivity contribution in [1.82, 2.24) is 4.90 Å². The molecule has 1 N–H and O–H groups in total. The van der Waals surface area contributed by atoms with Gasteiger partial charge < -0.3 is 5.11 Å². The number of aliphatic hydroxyl groups excluding tert-OH is 1. The Labute approximate surface area is 100 Å². The lowest BCUT2D eigenvalue weighted by Crippen LogP contribution is -2.47. The Morgan fingerprint density at radius 1 is 1.12 bits per heavy atom. The summed E-state index contributed by atoms with van der Waals surface area (Å²) in [6, 6.07) is 0.675. The highest BCUT2D eigenvalue weighted by molar-refractivity contribution is 4.90. The van der Waals surface area contributed by atoms with Crippen molar-refractivity contribution in [3.63, 3.8) is 0 Å². The molecule has 2 nitrogen and oxygen atoms in total. The number of nitrogens with zero attached hydrogens (tertiary/aromatic N) is 1. The molecule has 0 amide bonds. The normalized spacial score (nSPS) is 37.1. The number of hydrogen-bond acceptors (Lipinski definition) is 2. The highest BCUT2D eigenvalue weighted by Gasteiger charge is 2.36. The Balaban J connectivity index is 1.98. The Bertz CT molecular complexity index is 217. The predicted octanol–water partition coefficient (Wildman–Crippen LogP) is 2.66. The molecule has 1 heterocycles. The van der Waals surface area contributed by atoms with Gasteiger partial charge in [0.25, 0.3) is 0 Å². The van der Waals surface area contributed by atoms with Gasteiger partial charge in [0.15, 0.2) is 0 Å². The molecule has 94 valence electrons. The second-order valence-electron chi connectivity index (χ2n) is 6.11. The van der Waals surface area contributed by atoms with E-state index in [1.807, 2.05) is 0 Å². The van der Waals surface area contributed by atoms with Crippen LogP contribution in [0.2, 0.25) is 0 Å². The summed E-state index contributed by atoms with van der Waals surface area (Å²) in [7, 11) is 0. The molecule has 3 unspecified atom stereocenters. The van der Waals surface area contributed by atoms with Crippen LogP contribution in [0, 0.1) is 11.8 Å². The van der Waals surface area contributed by atoms with E-state index in [9.17, 15) is 5.11 Å². The first-order valence-electron chi connectivity index (χ1n) is 7.10. The van der Waals surface area contributed by atoms with E-state index in [0.29, 0.717) is 12.0 Å². The lowest BCUT2D eigenvalue weighted by Gasteiger charge is -2.41. The molecule has 1 saturated heterocycles. The van der Waals surface area contributed by atoms with Crippen molar-refractivity contribution < 1.29 is 5.11 Å². The van der Waals surface area contributed by atoms with Crippen molar-refractivity contribution in [2.45, 2.75) is 64.5 Å². The summed E-state index contributed by atoms with van der Waals surface area (Å²) in [5, 5.41) is 10.1. The molecule has 0 spiro atoms. The number of aliphatic hydroxyl groups is 1. The third-order valence-corrected chi connectivity index (χ3v) is 4.29. The highest BCUT2D eigenvalue weighted by Crippen LogP contribution is 2.35. The number of piperidine rings is 1. The molecule has 16 heavy (non-hydrogen) atoms. The zero-order valence-corrected chi connectivity index (χ0v) is 10.9. The Morgan fingerprint density at radius 2 is 1.94 bits per heavy atom. The third kappa shape index (κ3) is 2.78. The van der Waals surface area contributed by atoms with Gasteiger partial charge >= 0.3 is 0 Å². The zero-order chi connectivity index (χ0) is 11.5. The quantitative estimate of drug-likeness (QED) is 0.798. The van der Waals surface area contributed by atoms with E-state index in [4.69, 9.17) is 0 Å². The molecular weight excluding hydrogens is 198 g/mol. The minimum Gasteiger partial charge on any atom is -0.393 e. The zero-order valence-electron chi connectivity index (χ0n) is 10.9. The molecule has 2 rings (SSSR count). The maximum atomic E-state index is 10.1. The van der Waals surface area contributed by atoms with Crippen LogP contribution in [0.15, 0.2) is 0 Å². The van der Waals surface area contributed by atoms with Crippen molar-refractivity contribution in [2.24, 2.45) is 11.8 Å². The van der Waals surface area contributed by atoms with E-state index >= 15 is 0 Å². The van der Waals surface area contributed by atoms with Gasteiger partial charge in [-0.05, 0) is 38.1 Å². The van der Waals surface area contributed by atoms with E-state index in [1.165, 1.54) is 45.2 Å². The van der Waals surface area contributed by atoms with E-state index in [0.717, 1.165) is 12.3 Å². The van der Waals surface area contributed by atoms with Crippen LogP contribution < -0.4 is 0 Å². The highest BCUT2D eigenvalue weighted by atomic mass is 16.3. The van der Waals surface area contributed by atoms with Crippen LogP contribution in [0.25, 0.3) is 0 Å².